The Bertz CT molecular complexity index is 735. The Balaban J connectivity index is 1.80. The maximum absolute atomic E-state index is 12.5. The van der Waals surface area contributed by atoms with Crippen molar-refractivity contribution < 1.29 is 9.53 Å². The fourth-order valence-electron chi connectivity index (χ4n) is 3.01. The van der Waals surface area contributed by atoms with E-state index in [1.165, 1.54) is 16.7 Å². The summed E-state index contributed by atoms with van der Waals surface area (Å²) in [7, 11) is 0. The Morgan fingerprint density at radius 2 is 1.78 bits per heavy atom. The number of rotatable bonds is 9. The van der Waals surface area contributed by atoms with Gasteiger partial charge in [0.05, 0.1) is 0 Å². The van der Waals surface area contributed by atoms with Crippen molar-refractivity contribution in [1.82, 2.24) is 5.32 Å². The second kappa shape index (κ2) is 10.1. The number of benzene rings is 2. The lowest BCUT2D eigenvalue weighted by atomic mass is 10.0. The van der Waals surface area contributed by atoms with Gasteiger partial charge in [-0.15, -0.1) is 0 Å². The normalized spacial score (nSPS) is 12.1. The van der Waals surface area contributed by atoms with E-state index in [2.05, 4.69) is 56.4 Å². The molecule has 3 nitrogen and oxygen atoms in total. The summed E-state index contributed by atoms with van der Waals surface area (Å²) in [4.78, 5) is 12.5. The van der Waals surface area contributed by atoms with Gasteiger partial charge in [-0.3, -0.25) is 4.79 Å². The predicted octanol–water partition coefficient (Wildman–Crippen LogP) is 5.33. The summed E-state index contributed by atoms with van der Waals surface area (Å²) in [6.45, 7) is 11.1. The van der Waals surface area contributed by atoms with Crippen LogP contribution in [0.15, 0.2) is 42.5 Å². The summed E-state index contributed by atoms with van der Waals surface area (Å²) < 4.78 is 5.98. The Morgan fingerprint density at radius 3 is 2.41 bits per heavy atom. The summed E-state index contributed by atoms with van der Waals surface area (Å²) >= 11 is 0. The molecule has 0 aliphatic rings. The number of nitrogens with one attached hydrogen (secondary N) is 1. The van der Waals surface area contributed by atoms with Gasteiger partial charge in [-0.2, -0.15) is 0 Å². The first-order valence-electron chi connectivity index (χ1n) is 10.0. The maximum Gasteiger partial charge on any atom is 0.261 e. The molecule has 27 heavy (non-hydrogen) atoms. The van der Waals surface area contributed by atoms with E-state index in [-0.39, 0.29) is 5.91 Å². The molecule has 1 amide bonds. The van der Waals surface area contributed by atoms with E-state index in [9.17, 15) is 4.79 Å². The van der Waals surface area contributed by atoms with Gasteiger partial charge < -0.3 is 10.1 Å². The number of ether oxygens (including phenoxy) is 1. The smallest absolute Gasteiger partial charge is 0.261 e. The lowest BCUT2D eigenvalue weighted by Gasteiger charge is -2.19. The van der Waals surface area contributed by atoms with Crippen LogP contribution in [-0.2, 0) is 11.2 Å². The van der Waals surface area contributed by atoms with E-state index in [1.807, 2.05) is 26.0 Å². The average molecular weight is 368 g/mol. The number of carbonyl (C=O) groups excluding carboxylic acids is 1. The molecule has 3 heteroatoms. The van der Waals surface area contributed by atoms with Gasteiger partial charge in [-0.25, -0.2) is 0 Å². The predicted molar refractivity (Wildman–Crippen MR) is 112 cm³/mol. The molecule has 0 saturated heterocycles. The number of amides is 1. The quantitative estimate of drug-likeness (QED) is 0.608. The standard InChI is InChI=1S/C24H33NO2/c1-6-22(27-23-11-7-9-18(4)19(23)5)24(26)25-16-8-10-20-12-14-21(15-13-20)17(2)3/h7,9,11-15,17,22H,6,8,10,16H2,1-5H3,(H,25,26). The molecular weight excluding hydrogens is 334 g/mol. The highest BCUT2D eigenvalue weighted by atomic mass is 16.5. The Labute approximate surface area is 164 Å². The first kappa shape index (κ1) is 21.0. The van der Waals surface area contributed by atoms with Crippen LogP contribution in [0.3, 0.4) is 0 Å². The fourth-order valence-corrected chi connectivity index (χ4v) is 3.01. The highest BCUT2D eigenvalue weighted by Gasteiger charge is 2.18. The van der Waals surface area contributed by atoms with Crippen molar-refractivity contribution in [2.24, 2.45) is 0 Å². The third-order valence-corrected chi connectivity index (χ3v) is 5.08. The number of hydrogen-bond acceptors (Lipinski definition) is 2. The third kappa shape index (κ3) is 6.13. The van der Waals surface area contributed by atoms with E-state index in [0.29, 0.717) is 18.9 Å². The van der Waals surface area contributed by atoms with Crippen molar-refractivity contribution in [3.63, 3.8) is 0 Å². The molecule has 0 aromatic heterocycles. The summed E-state index contributed by atoms with van der Waals surface area (Å²) in [5.74, 6) is 1.32. The molecule has 0 radical (unpaired) electrons. The minimum atomic E-state index is -0.448. The molecule has 146 valence electrons. The van der Waals surface area contributed by atoms with Crippen LogP contribution in [0.5, 0.6) is 5.75 Å². The monoisotopic (exact) mass is 367 g/mol. The van der Waals surface area contributed by atoms with Gasteiger partial charge in [-0.05, 0) is 67.3 Å². The summed E-state index contributed by atoms with van der Waals surface area (Å²) in [5, 5.41) is 3.02. The molecular formula is C24H33NO2. The van der Waals surface area contributed by atoms with Crippen LogP contribution in [-0.4, -0.2) is 18.6 Å². The molecule has 1 atom stereocenters. The highest BCUT2D eigenvalue weighted by Crippen LogP contribution is 2.22. The zero-order valence-electron chi connectivity index (χ0n) is 17.3. The molecule has 1 N–H and O–H groups in total. The Kier molecular flexibility index (Phi) is 7.90. The summed E-state index contributed by atoms with van der Waals surface area (Å²) in [5.41, 5.74) is 4.94. The van der Waals surface area contributed by atoms with Crippen molar-refractivity contribution >= 4 is 5.91 Å². The van der Waals surface area contributed by atoms with Gasteiger partial charge in [0.2, 0.25) is 0 Å². The van der Waals surface area contributed by atoms with Gasteiger partial charge in [0, 0.05) is 6.54 Å². The Hall–Kier alpha value is -2.29. The largest absolute Gasteiger partial charge is 0.480 e. The maximum atomic E-state index is 12.5. The van der Waals surface area contributed by atoms with Gasteiger partial charge in [0.1, 0.15) is 5.75 Å². The average Bonchev–Trinajstić information content (AvgIpc) is 2.66. The third-order valence-electron chi connectivity index (χ3n) is 5.08. The van der Waals surface area contributed by atoms with Crippen molar-refractivity contribution in [3.8, 4) is 5.75 Å². The molecule has 0 spiro atoms. The van der Waals surface area contributed by atoms with Crippen LogP contribution in [0.2, 0.25) is 0 Å². The highest BCUT2D eigenvalue weighted by molar-refractivity contribution is 5.81. The lowest BCUT2D eigenvalue weighted by molar-refractivity contribution is -0.128. The minimum absolute atomic E-state index is 0.0337. The van der Waals surface area contributed by atoms with Crippen molar-refractivity contribution in [2.75, 3.05) is 6.54 Å². The van der Waals surface area contributed by atoms with Crippen LogP contribution in [0.1, 0.15) is 61.8 Å². The fraction of sp³-hybridized carbons (Fsp3) is 0.458. The molecule has 0 bridgehead atoms. The second-order valence-corrected chi connectivity index (χ2v) is 7.50. The molecule has 2 aromatic carbocycles. The van der Waals surface area contributed by atoms with Crippen LogP contribution in [0, 0.1) is 13.8 Å². The number of carbonyl (C=O) groups is 1. The van der Waals surface area contributed by atoms with Crippen LogP contribution < -0.4 is 10.1 Å². The van der Waals surface area contributed by atoms with E-state index in [0.717, 1.165) is 24.2 Å². The molecule has 0 saturated carbocycles. The van der Waals surface area contributed by atoms with E-state index >= 15 is 0 Å². The lowest BCUT2D eigenvalue weighted by Crippen LogP contribution is -2.38. The summed E-state index contributed by atoms with van der Waals surface area (Å²) in [6.07, 6.45) is 2.09. The van der Waals surface area contributed by atoms with E-state index in [1.54, 1.807) is 0 Å². The number of hydrogen-bond donors (Lipinski definition) is 1. The van der Waals surface area contributed by atoms with E-state index < -0.39 is 6.10 Å². The van der Waals surface area contributed by atoms with E-state index in [4.69, 9.17) is 4.74 Å². The zero-order chi connectivity index (χ0) is 19.8. The second-order valence-electron chi connectivity index (χ2n) is 7.50. The molecule has 0 heterocycles. The zero-order valence-corrected chi connectivity index (χ0v) is 17.3. The van der Waals surface area contributed by atoms with Gasteiger partial charge >= 0.3 is 0 Å². The van der Waals surface area contributed by atoms with Crippen LogP contribution in [0.25, 0.3) is 0 Å². The van der Waals surface area contributed by atoms with Gasteiger partial charge in [0.25, 0.3) is 5.91 Å². The molecule has 0 fully saturated rings. The molecule has 0 aliphatic heterocycles. The number of aryl methyl sites for hydroxylation is 2. The minimum Gasteiger partial charge on any atom is -0.480 e. The van der Waals surface area contributed by atoms with Crippen LogP contribution in [0.4, 0.5) is 0 Å². The van der Waals surface area contributed by atoms with Gasteiger partial charge in [-0.1, -0.05) is 57.2 Å². The topological polar surface area (TPSA) is 38.3 Å². The van der Waals surface area contributed by atoms with Crippen molar-refractivity contribution in [1.29, 1.82) is 0 Å². The SMILES string of the molecule is CCC(Oc1cccc(C)c1C)C(=O)NCCCc1ccc(C(C)C)cc1. The molecule has 1 unspecified atom stereocenters. The van der Waals surface area contributed by atoms with Gasteiger partial charge in [0.15, 0.2) is 6.10 Å². The summed E-state index contributed by atoms with van der Waals surface area (Å²) in [6, 6.07) is 14.7. The first-order chi connectivity index (χ1) is 12.9. The molecule has 2 rings (SSSR count). The van der Waals surface area contributed by atoms with Crippen molar-refractivity contribution in [2.45, 2.75) is 65.9 Å². The van der Waals surface area contributed by atoms with Crippen molar-refractivity contribution in [3.05, 3.63) is 64.7 Å². The van der Waals surface area contributed by atoms with Crippen LogP contribution >= 0.6 is 0 Å². The molecule has 2 aromatic rings. The molecule has 0 aliphatic carbocycles. The first-order valence-corrected chi connectivity index (χ1v) is 10.0. The Morgan fingerprint density at radius 1 is 1.07 bits per heavy atom.